The van der Waals surface area contributed by atoms with Crippen LogP contribution in [0.15, 0.2) is 18.5 Å². The zero-order chi connectivity index (χ0) is 21.3. The van der Waals surface area contributed by atoms with Crippen molar-refractivity contribution < 1.29 is 14.3 Å². The lowest BCUT2D eigenvalue weighted by Gasteiger charge is -2.35. The van der Waals surface area contributed by atoms with E-state index in [0.29, 0.717) is 13.1 Å². The minimum absolute atomic E-state index is 0.0983. The average Bonchev–Trinajstić information content (AvgIpc) is 3.37. The van der Waals surface area contributed by atoms with E-state index in [1.54, 1.807) is 17.3 Å². The number of carbonyl (C=O) groups is 2. The molecule has 1 amide bonds. The second-order valence-corrected chi connectivity index (χ2v) is 9.54. The number of pyridine rings is 1. The first-order valence-corrected chi connectivity index (χ1v) is 11.1. The number of Topliss-reactive ketones (excluding diaryl/α,β-unsaturated/α-hetero) is 1. The largest absolute Gasteiger partial charge is 0.444 e. The van der Waals surface area contributed by atoms with Crippen LogP contribution in [0.25, 0.3) is 11.0 Å². The van der Waals surface area contributed by atoms with Crippen LogP contribution in [0.3, 0.4) is 0 Å². The minimum Gasteiger partial charge on any atom is -0.444 e. The van der Waals surface area contributed by atoms with Crippen molar-refractivity contribution >= 4 is 28.6 Å². The number of fused-ring (bicyclic) bond motifs is 1. The van der Waals surface area contributed by atoms with E-state index in [0.717, 1.165) is 60.8 Å². The number of aromatic nitrogens is 2. The fraction of sp³-hybridized carbons (Fsp3) is 0.609. The highest BCUT2D eigenvalue weighted by atomic mass is 16.6. The maximum Gasteiger partial charge on any atom is 0.410 e. The molecule has 1 aliphatic heterocycles. The van der Waals surface area contributed by atoms with Gasteiger partial charge >= 0.3 is 6.09 Å². The number of rotatable bonds is 4. The van der Waals surface area contributed by atoms with Gasteiger partial charge in [-0.15, -0.1) is 0 Å². The van der Waals surface area contributed by atoms with E-state index in [9.17, 15) is 9.59 Å². The molecule has 2 aromatic heterocycles. The third-order valence-electron chi connectivity index (χ3n) is 6.00. The van der Waals surface area contributed by atoms with Gasteiger partial charge in [0.25, 0.3) is 0 Å². The molecule has 1 saturated carbocycles. The summed E-state index contributed by atoms with van der Waals surface area (Å²) in [6, 6.07) is 2.02. The lowest BCUT2D eigenvalue weighted by molar-refractivity contribution is 0.0206. The number of nitrogens with zero attached hydrogens (tertiary/aromatic N) is 2. The van der Waals surface area contributed by atoms with Crippen molar-refractivity contribution in [1.29, 1.82) is 0 Å². The van der Waals surface area contributed by atoms with Crippen molar-refractivity contribution in [1.82, 2.24) is 14.9 Å². The first-order chi connectivity index (χ1) is 14.3. The normalized spacial score (nSPS) is 20.5. The van der Waals surface area contributed by atoms with Gasteiger partial charge in [0.1, 0.15) is 11.2 Å². The SMILES string of the molecule is CC(C)(C)OC(=O)N1CCCC(Nc2ccnc3[nH]cc(C(=O)C4CCCC4)c23)C1. The molecule has 2 fully saturated rings. The molecule has 1 unspecified atom stereocenters. The molecule has 7 heteroatoms. The van der Waals surface area contributed by atoms with Crippen LogP contribution in [0.2, 0.25) is 0 Å². The van der Waals surface area contributed by atoms with Crippen molar-refractivity contribution in [2.24, 2.45) is 5.92 Å². The van der Waals surface area contributed by atoms with Crippen molar-refractivity contribution in [3.8, 4) is 0 Å². The summed E-state index contributed by atoms with van der Waals surface area (Å²) >= 11 is 0. The summed E-state index contributed by atoms with van der Waals surface area (Å²) in [6.07, 6.45) is 9.36. The average molecular weight is 413 g/mol. The lowest BCUT2D eigenvalue weighted by Crippen LogP contribution is -2.47. The van der Waals surface area contributed by atoms with Gasteiger partial charge in [-0.25, -0.2) is 9.78 Å². The Labute approximate surface area is 177 Å². The highest BCUT2D eigenvalue weighted by molar-refractivity contribution is 6.12. The van der Waals surface area contributed by atoms with Crippen LogP contribution in [-0.2, 0) is 4.74 Å². The molecule has 0 aromatic carbocycles. The molecule has 0 radical (unpaired) electrons. The van der Waals surface area contributed by atoms with Crippen LogP contribution in [0.4, 0.5) is 10.5 Å². The van der Waals surface area contributed by atoms with Gasteiger partial charge in [0, 0.05) is 48.7 Å². The molecular formula is C23H32N4O3. The first kappa shape index (κ1) is 20.7. The molecule has 4 rings (SSSR count). The highest BCUT2D eigenvalue weighted by Gasteiger charge is 2.30. The van der Waals surface area contributed by atoms with E-state index in [1.165, 1.54) is 0 Å². The molecule has 1 aliphatic carbocycles. The molecule has 30 heavy (non-hydrogen) atoms. The number of carbonyl (C=O) groups excluding carboxylic acids is 2. The number of amides is 1. The van der Waals surface area contributed by atoms with E-state index in [-0.39, 0.29) is 23.8 Å². The van der Waals surface area contributed by atoms with Gasteiger partial charge in [-0.05, 0) is 52.5 Å². The van der Waals surface area contributed by atoms with E-state index in [1.807, 2.05) is 26.8 Å². The van der Waals surface area contributed by atoms with Gasteiger partial charge in [0.05, 0.1) is 5.39 Å². The van der Waals surface area contributed by atoms with Crippen LogP contribution in [0.5, 0.6) is 0 Å². The Hall–Kier alpha value is -2.57. The zero-order valence-corrected chi connectivity index (χ0v) is 18.2. The molecule has 7 nitrogen and oxygen atoms in total. The van der Waals surface area contributed by atoms with Gasteiger partial charge in [-0.3, -0.25) is 4.79 Å². The number of piperidine rings is 1. The van der Waals surface area contributed by atoms with Crippen molar-refractivity contribution in [2.75, 3.05) is 18.4 Å². The Bertz CT molecular complexity index is 924. The summed E-state index contributed by atoms with van der Waals surface area (Å²) < 4.78 is 5.54. The van der Waals surface area contributed by atoms with Gasteiger partial charge in [-0.1, -0.05) is 12.8 Å². The van der Waals surface area contributed by atoms with Gasteiger partial charge in [0.15, 0.2) is 5.78 Å². The van der Waals surface area contributed by atoms with Crippen LogP contribution < -0.4 is 5.32 Å². The topological polar surface area (TPSA) is 87.3 Å². The molecule has 0 bridgehead atoms. The fourth-order valence-electron chi connectivity index (χ4n) is 4.59. The predicted octanol–water partition coefficient (Wildman–Crippen LogP) is 4.75. The van der Waals surface area contributed by atoms with E-state index in [4.69, 9.17) is 4.74 Å². The fourth-order valence-corrected chi connectivity index (χ4v) is 4.59. The third-order valence-corrected chi connectivity index (χ3v) is 6.00. The summed E-state index contributed by atoms with van der Waals surface area (Å²) in [5.41, 5.74) is 1.85. The number of likely N-dealkylation sites (tertiary alicyclic amines) is 1. The Kier molecular flexibility index (Phi) is 5.71. The number of anilines is 1. The highest BCUT2D eigenvalue weighted by Crippen LogP contribution is 2.33. The smallest absolute Gasteiger partial charge is 0.410 e. The van der Waals surface area contributed by atoms with Crippen molar-refractivity contribution in [3.63, 3.8) is 0 Å². The number of ketones is 1. The third kappa shape index (κ3) is 4.45. The molecule has 2 aromatic rings. The molecule has 0 spiro atoms. The first-order valence-electron chi connectivity index (χ1n) is 11.1. The summed E-state index contributed by atoms with van der Waals surface area (Å²) in [4.78, 5) is 34.9. The van der Waals surface area contributed by atoms with Gasteiger partial charge < -0.3 is 19.9 Å². The van der Waals surface area contributed by atoms with E-state index < -0.39 is 5.60 Å². The van der Waals surface area contributed by atoms with Crippen LogP contribution in [0.1, 0.15) is 69.7 Å². The zero-order valence-electron chi connectivity index (χ0n) is 18.2. The standard InChI is InChI=1S/C23H32N4O3/c1-23(2,3)30-22(29)27-12-6-9-16(14-27)26-18-10-11-24-21-19(18)17(13-25-21)20(28)15-7-4-5-8-15/h10-11,13,15-16H,4-9,12,14H2,1-3H3,(H2,24,25,26). The summed E-state index contributed by atoms with van der Waals surface area (Å²) in [6.45, 7) is 6.93. The number of nitrogens with one attached hydrogen (secondary N) is 2. The summed E-state index contributed by atoms with van der Waals surface area (Å²) in [5, 5.41) is 4.45. The maximum atomic E-state index is 13.1. The Balaban J connectivity index is 1.53. The quantitative estimate of drug-likeness (QED) is 0.708. The van der Waals surface area contributed by atoms with Crippen LogP contribution >= 0.6 is 0 Å². The number of H-pyrrole nitrogens is 1. The van der Waals surface area contributed by atoms with Crippen LogP contribution in [-0.4, -0.2) is 51.5 Å². The molecule has 162 valence electrons. The number of hydrogen-bond acceptors (Lipinski definition) is 5. The number of aromatic amines is 1. The second-order valence-electron chi connectivity index (χ2n) is 9.54. The maximum absolute atomic E-state index is 13.1. The Morgan fingerprint density at radius 3 is 2.70 bits per heavy atom. The van der Waals surface area contributed by atoms with Crippen LogP contribution in [0, 0.1) is 5.92 Å². The minimum atomic E-state index is -0.505. The number of ether oxygens (including phenoxy) is 1. The van der Waals surface area contributed by atoms with Gasteiger partial charge in [0.2, 0.25) is 0 Å². The Morgan fingerprint density at radius 1 is 1.20 bits per heavy atom. The van der Waals surface area contributed by atoms with Crippen molar-refractivity contribution in [3.05, 3.63) is 24.0 Å². The van der Waals surface area contributed by atoms with Crippen molar-refractivity contribution in [2.45, 2.75) is 70.9 Å². The molecule has 2 N–H and O–H groups in total. The van der Waals surface area contributed by atoms with E-state index in [2.05, 4.69) is 15.3 Å². The molecule has 1 saturated heterocycles. The van der Waals surface area contributed by atoms with Gasteiger partial charge in [-0.2, -0.15) is 0 Å². The molecule has 2 aliphatic rings. The number of hydrogen-bond donors (Lipinski definition) is 2. The monoisotopic (exact) mass is 412 g/mol. The van der Waals surface area contributed by atoms with E-state index >= 15 is 0 Å². The lowest BCUT2D eigenvalue weighted by atomic mass is 9.95. The Morgan fingerprint density at radius 2 is 1.97 bits per heavy atom. The summed E-state index contributed by atoms with van der Waals surface area (Å²) in [7, 11) is 0. The molecule has 1 atom stereocenters. The summed E-state index contributed by atoms with van der Waals surface area (Å²) in [5.74, 6) is 0.336. The molecular weight excluding hydrogens is 380 g/mol. The molecule has 3 heterocycles. The second kappa shape index (κ2) is 8.28. The predicted molar refractivity (Wildman–Crippen MR) is 117 cm³/mol.